The second-order valence-electron chi connectivity index (χ2n) is 5.70. The van der Waals surface area contributed by atoms with Crippen LogP contribution in [0.15, 0.2) is 18.3 Å². The molecule has 110 valence electrons. The molecule has 1 aromatic rings. The Balaban J connectivity index is 1.90. The number of anilines is 1. The van der Waals surface area contributed by atoms with Crippen LogP contribution in [0.2, 0.25) is 0 Å². The van der Waals surface area contributed by atoms with Gasteiger partial charge < -0.3 is 10.2 Å². The van der Waals surface area contributed by atoms with Crippen LogP contribution in [-0.4, -0.2) is 35.9 Å². The Morgan fingerprint density at radius 2 is 2.15 bits per heavy atom. The third-order valence-electron chi connectivity index (χ3n) is 3.92. The maximum Gasteiger partial charge on any atom is 0.255 e. The van der Waals surface area contributed by atoms with E-state index in [2.05, 4.69) is 17.2 Å². The molecule has 1 aliphatic rings. The smallest absolute Gasteiger partial charge is 0.255 e. The van der Waals surface area contributed by atoms with Gasteiger partial charge in [0.1, 0.15) is 5.82 Å². The molecule has 0 radical (unpaired) electrons. The molecule has 20 heavy (non-hydrogen) atoms. The molecular weight excluding hydrogens is 250 g/mol. The van der Waals surface area contributed by atoms with Gasteiger partial charge in [-0.15, -0.1) is 0 Å². The van der Waals surface area contributed by atoms with E-state index in [0.717, 1.165) is 25.3 Å². The molecule has 0 aromatic carbocycles. The lowest BCUT2D eigenvalue weighted by Crippen LogP contribution is -2.31. The lowest BCUT2D eigenvalue weighted by atomic mass is 10.1. The number of hydrogen-bond acceptors (Lipinski definition) is 3. The summed E-state index contributed by atoms with van der Waals surface area (Å²) in [6.07, 6.45) is 7.88. The zero-order chi connectivity index (χ0) is 14.4. The number of rotatable bonds is 6. The number of carbonyl (C=O) groups excluding carboxylic acids is 1. The quantitative estimate of drug-likeness (QED) is 0.867. The summed E-state index contributed by atoms with van der Waals surface area (Å²) in [6, 6.07) is 3.74. The maximum absolute atomic E-state index is 12.3. The molecule has 2 rings (SSSR count). The second-order valence-corrected chi connectivity index (χ2v) is 5.70. The van der Waals surface area contributed by atoms with Crippen molar-refractivity contribution in [2.75, 3.05) is 25.5 Å². The van der Waals surface area contributed by atoms with E-state index in [9.17, 15) is 4.79 Å². The SMILES string of the molecule is CCCNc1ccc(C(=O)N(C)CC2CCCC2)cn1. The van der Waals surface area contributed by atoms with Gasteiger partial charge in [-0.3, -0.25) is 4.79 Å². The standard InChI is InChI=1S/C16H25N3O/c1-3-10-17-15-9-8-14(11-18-15)16(20)19(2)12-13-6-4-5-7-13/h8-9,11,13H,3-7,10,12H2,1-2H3,(H,17,18). The van der Waals surface area contributed by atoms with Crippen LogP contribution in [0.25, 0.3) is 0 Å². The number of nitrogens with zero attached hydrogens (tertiary/aromatic N) is 2. The van der Waals surface area contributed by atoms with Crippen LogP contribution in [0, 0.1) is 5.92 Å². The molecule has 0 spiro atoms. The topological polar surface area (TPSA) is 45.2 Å². The van der Waals surface area contributed by atoms with Gasteiger partial charge in [-0.1, -0.05) is 19.8 Å². The number of hydrogen-bond donors (Lipinski definition) is 1. The Morgan fingerprint density at radius 3 is 2.75 bits per heavy atom. The van der Waals surface area contributed by atoms with Crippen molar-refractivity contribution in [3.63, 3.8) is 0 Å². The monoisotopic (exact) mass is 275 g/mol. The summed E-state index contributed by atoms with van der Waals surface area (Å²) < 4.78 is 0. The fourth-order valence-electron chi connectivity index (χ4n) is 2.76. The van der Waals surface area contributed by atoms with Crippen LogP contribution >= 0.6 is 0 Å². The second kappa shape index (κ2) is 7.27. The van der Waals surface area contributed by atoms with E-state index in [0.29, 0.717) is 11.5 Å². The molecule has 0 atom stereocenters. The molecule has 0 aliphatic heterocycles. The van der Waals surface area contributed by atoms with Gasteiger partial charge in [-0.25, -0.2) is 4.98 Å². The molecule has 4 heteroatoms. The normalized spacial score (nSPS) is 15.3. The van der Waals surface area contributed by atoms with Crippen molar-refractivity contribution >= 4 is 11.7 Å². The van der Waals surface area contributed by atoms with Gasteiger partial charge in [-0.2, -0.15) is 0 Å². The van der Waals surface area contributed by atoms with Gasteiger partial charge >= 0.3 is 0 Å². The van der Waals surface area contributed by atoms with Crippen LogP contribution in [-0.2, 0) is 0 Å². The fourth-order valence-corrected chi connectivity index (χ4v) is 2.76. The largest absolute Gasteiger partial charge is 0.370 e. The lowest BCUT2D eigenvalue weighted by molar-refractivity contribution is 0.0773. The molecule has 0 saturated heterocycles. The summed E-state index contributed by atoms with van der Waals surface area (Å²) in [6.45, 7) is 3.89. The number of aromatic nitrogens is 1. The van der Waals surface area contributed by atoms with E-state index in [1.54, 1.807) is 6.20 Å². The molecule has 0 unspecified atom stereocenters. The highest BCUT2D eigenvalue weighted by atomic mass is 16.2. The van der Waals surface area contributed by atoms with Crippen molar-refractivity contribution in [2.45, 2.75) is 39.0 Å². The van der Waals surface area contributed by atoms with E-state index >= 15 is 0 Å². The summed E-state index contributed by atoms with van der Waals surface area (Å²) in [5.41, 5.74) is 0.674. The van der Waals surface area contributed by atoms with Gasteiger partial charge in [0.05, 0.1) is 5.56 Å². The summed E-state index contributed by atoms with van der Waals surface area (Å²) in [4.78, 5) is 18.5. The van der Waals surface area contributed by atoms with Crippen molar-refractivity contribution in [3.05, 3.63) is 23.9 Å². The van der Waals surface area contributed by atoms with E-state index in [1.807, 2.05) is 24.1 Å². The highest BCUT2D eigenvalue weighted by Gasteiger charge is 2.20. The Morgan fingerprint density at radius 1 is 1.40 bits per heavy atom. The van der Waals surface area contributed by atoms with Crippen LogP contribution in [0.4, 0.5) is 5.82 Å². The van der Waals surface area contributed by atoms with Gasteiger partial charge in [0, 0.05) is 26.3 Å². The van der Waals surface area contributed by atoms with Crippen molar-refractivity contribution in [3.8, 4) is 0 Å². The van der Waals surface area contributed by atoms with Crippen molar-refractivity contribution in [1.82, 2.24) is 9.88 Å². The number of carbonyl (C=O) groups is 1. The minimum Gasteiger partial charge on any atom is -0.370 e. The van der Waals surface area contributed by atoms with Crippen LogP contribution in [0.5, 0.6) is 0 Å². The Kier molecular flexibility index (Phi) is 5.39. The molecule has 4 nitrogen and oxygen atoms in total. The number of amides is 1. The molecule has 1 saturated carbocycles. The maximum atomic E-state index is 12.3. The first kappa shape index (κ1) is 14.8. The molecule has 1 aliphatic carbocycles. The fraction of sp³-hybridized carbons (Fsp3) is 0.625. The first-order valence-electron chi connectivity index (χ1n) is 7.66. The van der Waals surface area contributed by atoms with Gasteiger partial charge in [0.25, 0.3) is 5.91 Å². The van der Waals surface area contributed by atoms with Gasteiger partial charge in [0.2, 0.25) is 0 Å². The highest BCUT2D eigenvalue weighted by molar-refractivity contribution is 5.93. The minimum absolute atomic E-state index is 0.0754. The predicted octanol–water partition coefficient (Wildman–Crippen LogP) is 3.17. The molecule has 1 heterocycles. The minimum atomic E-state index is 0.0754. The Bertz CT molecular complexity index is 424. The lowest BCUT2D eigenvalue weighted by Gasteiger charge is -2.21. The molecule has 1 amide bonds. The van der Waals surface area contributed by atoms with Crippen molar-refractivity contribution in [1.29, 1.82) is 0 Å². The van der Waals surface area contributed by atoms with Crippen molar-refractivity contribution in [2.24, 2.45) is 5.92 Å². The molecular formula is C16H25N3O. The van der Waals surface area contributed by atoms with Crippen LogP contribution in [0.3, 0.4) is 0 Å². The molecule has 1 N–H and O–H groups in total. The number of pyridine rings is 1. The molecule has 1 fully saturated rings. The van der Waals surface area contributed by atoms with Crippen molar-refractivity contribution < 1.29 is 4.79 Å². The summed E-state index contributed by atoms with van der Waals surface area (Å²) >= 11 is 0. The first-order chi connectivity index (χ1) is 9.70. The van der Waals surface area contributed by atoms with E-state index in [-0.39, 0.29) is 5.91 Å². The first-order valence-corrected chi connectivity index (χ1v) is 7.66. The number of nitrogens with one attached hydrogen (secondary N) is 1. The third-order valence-corrected chi connectivity index (χ3v) is 3.92. The zero-order valence-corrected chi connectivity index (χ0v) is 12.6. The van der Waals surface area contributed by atoms with Gasteiger partial charge in [0.15, 0.2) is 0 Å². The third kappa shape index (κ3) is 3.95. The predicted molar refractivity (Wildman–Crippen MR) is 81.9 cm³/mol. The average Bonchev–Trinajstić information content (AvgIpc) is 2.97. The van der Waals surface area contributed by atoms with Crippen LogP contribution < -0.4 is 5.32 Å². The van der Waals surface area contributed by atoms with Crippen LogP contribution in [0.1, 0.15) is 49.4 Å². The summed E-state index contributed by atoms with van der Waals surface area (Å²) in [7, 11) is 1.89. The Labute approximate surface area is 121 Å². The molecule has 1 aromatic heterocycles. The van der Waals surface area contributed by atoms with E-state index in [4.69, 9.17) is 0 Å². The summed E-state index contributed by atoms with van der Waals surface area (Å²) in [5, 5.41) is 3.21. The highest BCUT2D eigenvalue weighted by Crippen LogP contribution is 2.25. The molecule has 0 bridgehead atoms. The van der Waals surface area contributed by atoms with E-state index in [1.165, 1.54) is 25.7 Å². The Hall–Kier alpha value is -1.58. The van der Waals surface area contributed by atoms with Gasteiger partial charge in [-0.05, 0) is 37.3 Å². The van der Waals surface area contributed by atoms with E-state index < -0.39 is 0 Å². The average molecular weight is 275 g/mol. The summed E-state index contributed by atoms with van der Waals surface area (Å²) in [5.74, 6) is 1.59. The zero-order valence-electron chi connectivity index (χ0n) is 12.6.